The summed E-state index contributed by atoms with van der Waals surface area (Å²) < 4.78 is 1.17. The molecule has 0 saturated carbocycles. The molecule has 17 heavy (non-hydrogen) atoms. The monoisotopic (exact) mass is 297 g/mol. The molecule has 0 spiro atoms. The molecule has 0 aliphatic rings. The second-order valence-electron chi connectivity index (χ2n) is 4.80. The van der Waals surface area contributed by atoms with Crippen LogP contribution in [0.15, 0.2) is 22.7 Å². The van der Waals surface area contributed by atoms with E-state index in [0.717, 1.165) is 6.54 Å². The summed E-state index contributed by atoms with van der Waals surface area (Å²) in [6, 6.07) is 7.04. The van der Waals surface area contributed by atoms with Crippen LogP contribution in [0.3, 0.4) is 0 Å². The first-order chi connectivity index (χ1) is 8.10. The highest BCUT2D eigenvalue weighted by Crippen LogP contribution is 2.29. The summed E-state index contributed by atoms with van der Waals surface area (Å²) in [6.07, 6.45) is 2.51. The SMILES string of the molecule is CCCC(C)C(NCC)c1cc(Br)ccc1C. The third-order valence-electron chi connectivity index (χ3n) is 3.31. The second-order valence-corrected chi connectivity index (χ2v) is 5.72. The fourth-order valence-corrected chi connectivity index (χ4v) is 2.78. The molecule has 2 heteroatoms. The van der Waals surface area contributed by atoms with Crippen LogP contribution in [-0.4, -0.2) is 6.54 Å². The predicted molar refractivity (Wildman–Crippen MR) is 79.4 cm³/mol. The minimum atomic E-state index is 0.470. The van der Waals surface area contributed by atoms with Gasteiger partial charge in [-0.3, -0.25) is 0 Å². The number of nitrogens with one attached hydrogen (secondary N) is 1. The van der Waals surface area contributed by atoms with Gasteiger partial charge >= 0.3 is 0 Å². The number of benzene rings is 1. The largest absolute Gasteiger partial charge is 0.310 e. The number of rotatable bonds is 6. The molecule has 0 radical (unpaired) electrons. The molecule has 0 saturated heterocycles. The van der Waals surface area contributed by atoms with Crippen molar-refractivity contribution in [3.63, 3.8) is 0 Å². The fourth-order valence-electron chi connectivity index (χ4n) is 2.41. The molecule has 0 fully saturated rings. The molecule has 0 aromatic heterocycles. The maximum absolute atomic E-state index is 3.63. The molecule has 1 N–H and O–H groups in total. The van der Waals surface area contributed by atoms with Crippen molar-refractivity contribution >= 4 is 15.9 Å². The molecule has 2 atom stereocenters. The fraction of sp³-hybridized carbons (Fsp3) is 0.600. The molecule has 0 heterocycles. The quantitative estimate of drug-likeness (QED) is 0.792. The van der Waals surface area contributed by atoms with E-state index in [9.17, 15) is 0 Å². The first kappa shape index (κ1) is 14.7. The molecule has 0 bridgehead atoms. The highest BCUT2D eigenvalue weighted by Gasteiger charge is 2.19. The maximum atomic E-state index is 3.63. The maximum Gasteiger partial charge on any atom is 0.0348 e. The third kappa shape index (κ3) is 4.11. The molecular weight excluding hydrogens is 274 g/mol. The van der Waals surface area contributed by atoms with Gasteiger partial charge in [-0.2, -0.15) is 0 Å². The summed E-state index contributed by atoms with van der Waals surface area (Å²) in [5.74, 6) is 0.674. The van der Waals surface area contributed by atoms with Gasteiger partial charge in [-0.25, -0.2) is 0 Å². The average molecular weight is 298 g/mol. The third-order valence-corrected chi connectivity index (χ3v) is 3.81. The standard InChI is InChI=1S/C15H24BrN/c1-5-7-12(4)15(17-6-2)14-10-13(16)9-8-11(14)3/h8-10,12,15,17H,5-7H2,1-4H3. The van der Waals surface area contributed by atoms with E-state index in [2.05, 4.69) is 67.1 Å². The average Bonchev–Trinajstić information content (AvgIpc) is 2.30. The first-order valence-corrected chi connectivity index (χ1v) is 7.38. The lowest BCUT2D eigenvalue weighted by Gasteiger charge is -2.26. The molecule has 1 nitrogen and oxygen atoms in total. The van der Waals surface area contributed by atoms with Crippen molar-refractivity contribution in [3.05, 3.63) is 33.8 Å². The number of aryl methyl sites for hydroxylation is 1. The molecule has 96 valence electrons. The Balaban J connectivity index is 2.99. The van der Waals surface area contributed by atoms with E-state index in [0.29, 0.717) is 12.0 Å². The van der Waals surface area contributed by atoms with Crippen LogP contribution in [0.2, 0.25) is 0 Å². The van der Waals surface area contributed by atoms with Crippen molar-refractivity contribution in [2.24, 2.45) is 5.92 Å². The Morgan fingerprint density at radius 2 is 2.00 bits per heavy atom. The second kappa shape index (κ2) is 7.17. The van der Waals surface area contributed by atoms with Gasteiger partial charge in [0.2, 0.25) is 0 Å². The Morgan fingerprint density at radius 3 is 2.59 bits per heavy atom. The molecule has 0 aliphatic carbocycles. The predicted octanol–water partition coefficient (Wildman–Crippen LogP) is 4.84. The van der Waals surface area contributed by atoms with E-state index in [4.69, 9.17) is 0 Å². The van der Waals surface area contributed by atoms with Gasteiger partial charge in [0.05, 0.1) is 0 Å². The summed E-state index contributed by atoms with van der Waals surface area (Å²) in [7, 11) is 0. The number of hydrogen-bond donors (Lipinski definition) is 1. The van der Waals surface area contributed by atoms with Crippen LogP contribution in [0.4, 0.5) is 0 Å². The molecule has 1 aromatic carbocycles. The van der Waals surface area contributed by atoms with E-state index < -0.39 is 0 Å². The van der Waals surface area contributed by atoms with Crippen molar-refractivity contribution in [2.45, 2.75) is 46.6 Å². The van der Waals surface area contributed by atoms with Crippen molar-refractivity contribution in [3.8, 4) is 0 Å². The van der Waals surface area contributed by atoms with Gasteiger partial charge in [0.1, 0.15) is 0 Å². The molecule has 2 unspecified atom stereocenters. The van der Waals surface area contributed by atoms with Gasteiger partial charge in [-0.15, -0.1) is 0 Å². The molecular formula is C15H24BrN. The van der Waals surface area contributed by atoms with E-state index in [1.807, 2.05) is 0 Å². The van der Waals surface area contributed by atoms with E-state index >= 15 is 0 Å². The molecule has 1 rings (SSSR count). The number of halogens is 1. The lowest BCUT2D eigenvalue weighted by molar-refractivity contribution is 0.368. The Bertz CT molecular complexity index is 349. The highest BCUT2D eigenvalue weighted by molar-refractivity contribution is 9.10. The topological polar surface area (TPSA) is 12.0 Å². The van der Waals surface area contributed by atoms with Crippen LogP contribution >= 0.6 is 15.9 Å². The minimum absolute atomic E-state index is 0.470. The van der Waals surface area contributed by atoms with Crippen molar-refractivity contribution in [1.82, 2.24) is 5.32 Å². The summed E-state index contributed by atoms with van der Waals surface area (Å²) >= 11 is 3.58. The van der Waals surface area contributed by atoms with Gasteiger partial charge in [0.15, 0.2) is 0 Å². The molecule has 0 aliphatic heterocycles. The van der Waals surface area contributed by atoms with Crippen LogP contribution in [0, 0.1) is 12.8 Å². The van der Waals surface area contributed by atoms with Crippen LogP contribution in [0.5, 0.6) is 0 Å². The Hall–Kier alpha value is -0.340. The lowest BCUT2D eigenvalue weighted by Crippen LogP contribution is -2.27. The highest BCUT2D eigenvalue weighted by atomic mass is 79.9. The summed E-state index contributed by atoms with van der Waals surface area (Å²) in [4.78, 5) is 0. The van der Waals surface area contributed by atoms with E-state index in [1.54, 1.807) is 0 Å². The normalized spacial score (nSPS) is 14.6. The first-order valence-electron chi connectivity index (χ1n) is 6.59. The molecule has 1 aromatic rings. The van der Waals surface area contributed by atoms with E-state index in [-0.39, 0.29) is 0 Å². The van der Waals surface area contributed by atoms with Gasteiger partial charge in [-0.1, -0.05) is 49.2 Å². The minimum Gasteiger partial charge on any atom is -0.310 e. The zero-order valence-corrected chi connectivity index (χ0v) is 13.0. The Kier molecular flexibility index (Phi) is 6.21. The van der Waals surface area contributed by atoms with E-state index in [1.165, 1.54) is 28.4 Å². The zero-order chi connectivity index (χ0) is 12.8. The Labute approximate surface area is 114 Å². The lowest BCUT2D eigenvalue weighted by atomic mass is 9.88. The summed E-state index contributed by atoms with van der Waals surface area (Å²) in [6.45, 7) is 10.00. The summed E-state index contributed by atoms with van der Waals surface area (Å²) in [5.41, 5.74) is 2.81. The summed E-state index contributed by atoms with van der Waals surface area (Å²) in [5, 5.41) is 3.63. The number of hydrogen-bond acceptors (Lipinski definition) is 1. The zero-order valence-electron chi connectivity index (χ0n) is 11.4. The van der Waals surface area contributed by atoms with Gasteiger partial charge in [0.25, 0.3) is 0 Å². The van der Waals surface area contributed by atoms with Crippen LogP contribution in [0.1, 0.15) is 50.8 Å². The molecule has 0 amide bonds. The van der Waals surface area contributed by atoms with Gasteiger partial charge in [-0.05, 0) is 49.1 Å². The van der Waals surface area contributed by atoms with Gasteiger partial charge in [0, 0.05) is 10.5 Å². The van der Waals surface area contributed by atoms with Crippen molar-refractivity contribution in [1.29, 1.82) is 0 Å². The smallest absolute Gasteiger partial charge is 0.0348 e. The van der Waals surface area contributed by atoms with Crippen molar-refractivity contribution in [2.75, 3.05) is 6.54 Å². The Morgan fingerprint density at radius 1 is 1.29 bits per heavy atom. The van der Waals surface area contributed by atoms with Crippen LogP contribution in [-0.2, 0) is 0 Å². The van der Waals surface area contributed by atoms with Gasteiger partial charge < -0.3 is 5.32 Å². The van der Waals surface area contributed by atoms with Crippen molar-refractivity contribution < 1.29 is 0 Å². The van der Waals surface area contributed by atoms with Crippen LogP contribution in [0.25, 0.3) is 0 Å². The van der Waals surface area contributed by atoms with Crippen LogP contribution < -0.4 is 5.32 Å².